The molecular weight excluding hydrogens is 506 g/mol. The normalized spacial score (nSPS) is 16.4. The van der Waals surface area contributed by atoms with Gasteiger partial charge >= 0.3 is 0 Å². The molecule has 1 saturated heterocycles. The molecule has 0 aliphatic carbocycles. The summed E-state index contributed by atoms with van der Waals surface area (Å²) < 4.78 is 35.2. The van der Waals surface area contributed by atoms with Gasteiger partial charge in [0, 0.05) is 25.3 Å². The van der Waals surface area contributed by atoms with Crippen molar-refractivity contribution in [1.29, 1.82) is 0 Å². The summed E-state index contributed by atoms with van der Waals surface area (Å²) in [4.78, 5) is 20.4. The number of sulfonamides is 1. The number of ether oxygens (including phenoxy) is 1. The Hall–Kier alpha value is -2.33. The van der Waals surface area contributed by atoms with Crippen LogP contribution >= 0.6 is 11.3 Å². The maximum atomic E-state index is 13.7. The second-order valence-electron chi connectivity index (χ2n) is 10.7. The van der Waals surface area contributed by atoms with Crippen LogP contribution < -0.4 is 4.90 Å². The van der Waals surface area contributed by atoms with E-state index in [1.54, 1.807) is 33.5 Å². The summed E-state index contributed by atoms with van der Waals surface area (Å²) in [7, 11) is -3.67. The number of amides is 1. The van der Waals surface area contributed by atoms with Crippen molar-refractivity contribution in [2.24, 2.45) is 11.8 Å². The Balaban J connectivity index is 1.63. The number of hydrogen-bond donors (Lipinski definition) is 0. The molecule has 0 bridgehead atoms. The molecule has 1 aliphatic rings. The molecule has 0 N–H and O–H groups in total. The van der Waals surface area contributed by atoms with Gasteiger partial charge in [0.05, 0.1) is 27.8 Å². The lowest BCUT2D eigenvalue weighted by Gasteiger charge is -2.26. The molecule has 7 nitrogen and oxygen atoms in total. The highest BCUT2D eigenvalue weighted by molar-refractivity contribution is 7.89. The van der Waals surface area contributed by atoms with Gasteiger partial charge in [0.2, 0.25) is 10.0 Å². The van der Waals surface area contributed by atoms with E-state index in [1.165, 1.54) is 11.3 Å². The van der Waals surface area contributed by atoms with Crippen LogP contribution in [0, 0.1) is 18.8 Å². The monoisotopic (exact) mass is 543 g/mol. The minimum atomic E-state index is -3.67. The van der Waals surface area contributed by atoms with E-state index in [1.807, 2.05) is 46.8 Å². The average molecular weight is 544 g/mol. The van der Waals surface area contributed by atoms with Crippen molar-refractivity contribution in [3.63, 3.8) is 0 Å². The lowest BCUT2D eigenvalue weighted by atomic mass is 10.2. The first-order chi connectivity index (χ1) is 17.5. The number of carbonyl (C=O) groups is 1. The van der Waals surface area contributed by atoms with Crippen molar-refractivity contribution in [2.45, 2.75) is 58.5 Å². The molecule has 0 spiro atoms. The van der Waals surface area contributed by atoms with Crippen LogP contribution in [0.4, 0.5) is 5.13 Å². The van der Waals surface area contributed by atoms with Crippen molar-refractivity contribution < 1.29 is 17.9 Å². The highest BCUT2D eigenvalue weighted by Crippen LogP contribution is 2.32. The summed E-state index contributed by atoms with van der Waals surface area (Å²) in [5.74, 6) is 0.202. The topological polar surface area (TPSA) is 79.8 Å². The number of rotatable bonds is 10. The first-order valence-electron chi connectivity index (χ1n) is 13.0. The highest BCUT2D eigenvalue weighted by Gasteiger charge is 2.29. The fraction of sp³-hybridized carbons (Fsp3) is 0.500. The number of fused-ring (bicyclic) bond motifs is 1. The molecule has 2 heterocycles. The molecule has 1 aliphatic heterocycles. The number of carbonyl (C=O) groups excluding carboxylic acids is 1. The van der Waals surface area contributed by atoms with E-state index in [4.69, 9.17) is 9.72 Å². The predicted octanol–water partition coefficient (Wildman–Crippen LogP) is 5.73. The third kappa shape index (κ3) is 6.57. The van der Waals surface area contributed by atoms with Crippen LogP contribution in [0.5, 0.6) is 0 Å². The number of hydrogen-bond acceptors (Lipinski definition) is 6. The van der Waals surface area contributed by atoms with Gasteiger partial charge in [0.25, 0.3) is 5.91 Å². The standard InChI is InChI=1S/C28H37N3O4S2/c1-19(2)16-30(17-20(3)4)37(33,34)24-11-9-22(10-12-24)27(32)31(18-23-7-6-14-35-23)28-29-25-13-8-21(5)15-26(25)36-28/h8-13,15,19-20,23H,6-7,14,16-18H2,1-5H3. The minimum Gasteiger partial charge on any atom is -0.376 e. The Morgan fingerprint density at radius 1 is 1.08 bits per heavy atom. The number of aromatic nitrogens is 1. The molecular formula is C28H37N3O4S2. The zero-order valence-electron chi connectivity index (χ0n) is 22.3. The molecule has 0 saturated carbocycles. The summed E-state index contributed by atoms with van der Waals surface area (Å²) in [5.41, 5.74) is 2.42. The van der Waals surface area contributed by atoms with Gasteiger partial charge in [-0.05, 0) is 73.6 Å². The van der Waals surface area contributed by atoms with Gasteiger partial charge in [-0.15, -0.1) is 0 Å². The maximum Gasteiger partial charge on any atom is 0.260 e. The number of benzene rings is 2. The van der Waals surface area contributed by atoms with Crippen LogP contribution in [0.15, 0.2) is 47.4 Å². The lowest BCUT2D eigenvalue weighted by molar-refractivity contribution is 0.0917. The van der Waals surface area contributed by atoms with Gasteiger partial charge in [-0.25, -0.2) is 13.4 Å². The second-order valence-corrected chi connectivity index (χ2v) is 13.6. The molecule has 1 fully saturated rings. The van der Waals surface area contributed by atoms with E-state index in [2.05, 4.69) is 6.07 Å². The molecule has 1 unspecified atom stereocenters. The Morgan fingerprint density at radius 3 is 2.35 bits per heavy atom. The zero-order chi connectivity index (χ0) is 26.7. The van der Waals surface area contributed by atoms with Crippen LogP contribution in [0.1, 0.15) is 56.5 Å². The van der Waals surface area contributed by atoms with E-state index in [0.717, 1.165) is 28.6 Å². The quantitative estimate of drug-likeness (QED) is 0.326. The van der Waals surface area contributed by atoms with Gasteiger partial charge < -0.3 is 4.74 Å². The molecule has 1 atom stereocenters. The molecule has 4 rings (SSSR count). The first-order valence-corrected chi connectivity index (χ1v) is 15.2. The Labute approximate surface area is 224 Å². The number of thiazole rings is 1. The van der Waals surface area contributed by atoms with E-state index in [-0.39, 0.29) is 28.7 Å². The van der Waals surface area contributed by atoms with Gasteiger partial charge in [0.1, 0.15) is 0 Å². The molecule has 37 heavy (non-hydrogen) atoms. The zero-order valence-corrected chi connectivity index (χ0v) is 23.9. The average Bonchev–Trinajstić information content (AvgIpc) is 3.50. The van der Waals surface area contributed by atoms with Crippen LogP contribution in [0.3, 0.4) is 0 Å². The van der Waals surface area contributed by atoms with Crippen molar-refractivity contribution in [3.05, 3.63) is 53.6 Å². The molecule has 1 amide bonds. The Kier molecular flexibility index (Phi) is 8.68. The Morgan fingerprint density at radius 2 is 1.76 bits per heavy atom. The Bertz CT molecular complexity index is 1320. The number of nitrogens with zero attached hydrogens (tertiary/aromatic N) is 3. The third-order valence-corrected chi connectivity index (χ3v) is 9.18. The molecule has 0 radical (unpaired) electrons. The largest absolute Gasteiger partial charge is 0.376 e. The van der Waals surface area contributed by atoms with Crippen LogP contribution in [0.2, 0.25) is 0 Å². The summed E-state index contributed by atoms with van der Waals surface area (Å²) in [5, 5.41) is 0.623. The number of aryl methyl sites for hydroxylation is 1. The van der Waals surface area contributed by atoms with Crippen molar-refractivity contribution in [2.75, 3.05) is 31.1 Å². The van der Waals surface area contributed by atoms with E-state index in [0.29, 0.717) is 36.9 Å². The maximum absolute atomic E-state index is 13.7. The minimum absolute atomic E-state index is 0.0435. The summed E-state index contributed by atoms with van der Waals surface area (Å²) in [6, 6.07) is 12.4. The smallest absolute Gasteiger partial charge is 0.260 e. The van der Waals surface area contributed by atoms with E-state index >= 15 is 0 Å². The van der Waals surface area contributed by atoms with Crippen LogP contribution in [-0.2, 0) is 14.8 Å². The fourth-order valence-electron chi connectivity index (χ4n) is 4.53. The fourth-order valence-corrected chi connectivity index (χ4v) is 7.37. The van der Waals surface area contributed by atoms with Gasteiger partial charge in [-0.3, -0.25) is 9.69 Å². The van der Waals surface area contributed by atoms with E-state index < -0.39 is 10.0 Å². The molecule has 3 aromatic rings. The third-order valence-electron chi connectivity index (χ3n) is 6.30. The highest BCUT2D eigenvalue weighted by atomic mass is 32.2. The summed E-state index contributed by atoms with van der Waals surface area (Å²) in [6.45, 7) is 12.1. The summed E-state index contributed by atoms with van der Waals surface area (Å²) in [6.07, 6.45) is 1.83. The number of anilines is 1. The van der Waals surface area contributed by atoms with Crippen LogP contribution in [0.25, 0.3) is 10.2 Å². The van der Waals surface area contributed by atoms with Crippen LogP contribution in [-0.4, -0.2) is 56.0 Å². The second kappa shape index (κ2) is 11.6. The van der Waals surface area contributed by atoms with Crippen molar-refractivity contribution >= 4 is 42.6 Å². The van der Waals surface area contributed by atoms with Gasteiger partial charge in [0.15, 0.2) is 5.13 Å². The SMILES string of the molecule is Cc1ccc2nc(N(CC3CCCO3)C(=O)c3ccc(S(=O)(=O)N(CC(C)C)CC(C)C)cc3)sc2c1. The van der Waals surface area contributed by atoms with Crippen molar-refractivity contribution in [1.82, 2.24) is 9.29 Å². The molecule has 2 aromatic carbocycles. The predicted molar refractivity (Wildman–Crippen MR) is 150 cm³/mol. The molecule has 9 heteroatoms. The first kappa shape index (κ1) is 27.7. The molecule has 1 aromatic heterocycles. The van der Waals surface area contributed by atoms with Gasteiger partial charge in [-0.1, -0.05) is 45.1 Å². The van der Waals surface area contributed by atoms with E-state index in [9.17, 15) is 13.2 Å². The molecule has 200 valence electrons. The summed E-state index contributed by atoms with van der Waals surface area (Å²) >= 11 is 1.48. The van der Waals surface area contributed by atoms with Gasteiger partial charge in [-0.2, -0.15) is 4.31 Å². The lowest BCUT2D eigenvalue weighted by Crippen LogP contribution is -2.38. The van der Waals surface area contributed by atoms with Crippen molar-refractivity contribution in [3.8, 4) is 0 Å².